The van der Waals surface area contributed by atoms with E-state index in [9.17, 15) is 5.11 Å². The second kappa shape index (κ2) is 4.32. The maximum absolute atomic E-state index is 9.39. The van der Waals surface area contributed by atoms with Crippen molar-refractivity contribution in [1.29, 1.82) is 0 Å². The van der Waals surface area contributed by atoms with Crippen molar-refractivity contribution in [1.82, 2.24) is 0 Å². The van der Waals surface area contributed by atoms with Crippen LogP contribution in [0, 0.1) is 19.8 Å². The first-order valence-electron chi connectivity index (χ1n) is 4.96. The molecule has 1 rings (SSSR count). The van der Waals surface area contributed by atoms with Crippen LogP contribution in [0.15, 0.2) is 24.8 Å². The molecule has 1 aromatic rings. The fraction of sp³-hybridized carbons (Fsp3) is 0.385. The Hall–Kier alpha value is -1.24. The number of rotatable bonds is 3. The summed E-state index contributed by atoms with van der Waals surface area (Å²) in [7, 11) is 0. The van der Waals surface area contributed by atoms with Gasteiger partial charge in [0.05, 0.1) is 0 Å². The molecule has 0 spiro atoms. The van der Waals surface area contributed by atoms with Gasteiger partial charge in [-0.15, -0.1) is 6.58 Å². The van der Waals surface area contributed by atoms with Gasteiger partial charge in [0, 0.05) is 0 Å². The summed E-state index contributed by atoms with van der Waals surface area (Å²) in [5.41, 5.74) is 3.66. The summed E-state index contributed by atoms with van der Waals surface area (Å²) >= 11 is 0. The van der Waals surface area contributed by atoms with Crippen LogP contribution in [-0.4, -0.2) is 5.11 Å². The van der Waals surface area contributed by atoms with Crippen LogP contribution in [0.1, 0.15) is 23.6 Å². The van der Waals surface area contributed by atoms with Crippen molar-refractivity contribution in [3.63, 3.8) is 0 Å². The number of phenolic OH excluding ortho intramolecular Hbond substituents is 1. The maximum atomic E-state index is 9.39. The Labute approximate surface area is 86.1 Å². The van der Waals surface area contributed by atoms with E-state index in [2.05, 4.69) is 13.5 Å². The third-order valence-corrected chi connectivity index (χ3v) is 2.61. The quantitative estimate of drug-likeness (QED) is 0.724. The number of hydrogen-bond donors (Lipinski definition) is 1. The van der Waals surface area contributed by atoms with Crippen LogP contribution in [-0.2, 0) is 6.42 Å². The Balaban J connectivity index is 3.02. The number of aryl methyl sites for hydroxylation is 2. The molecule has 0 fully saturated rings. The van der Waals surface area contributed by atoms with Gasteiger partial charge in [-0.1, -0.05) is 13.0 Å². The Morgan fingerprint density at radius 2 is 1.86 bits per heavy atom. The van der Waals surface area contributed by atoms with E-state index >= 15 is 0 Å². The predicted octanol–water partition coefficient (Wildman–Crippen LogP) is 3.37. The third-order valence-electron chi connectivity index (χ3n) is 2.61. The van der Waals surface area contributed by atoms with E-state index in [4.69, 9.17) is 0 Å². The van der Waals surface area contributed by atoms with Crippen LogP contribution in [0.4, 0.5) is 0 Å². The molecule has 1 atom stereocenters. The van der Waals surface area contributed by atoms with E-state index in [0.717, 1.165) is 17.5 Å². The molecule has 76 valence electrons. The van der Waals surface area contributed by atoms with E-state index in [-0.39, 0.29) is 0 Å². The van der Waals surface area contributed by atoms with Gasteiger partial charge >= 0.3 is 0 Å². The first kappa shape index (κ1) is 10.8. The highest BCUT2D eigenvalue weighted by molar-refractivity contribution is 5.40. The summed E-state index contributed by atoms with van der Waals surface area (Å²) in [6.45, 7) is 10.0. The normalized spacial score (nSPS) is 12.5. The van der Waals surface area contributed by atoms with Gasteiger partial charge in [0.2, 0.25) is 0 Å². The minimum atomic E-state index is 0.356. The minimum absolute atomic E-state index is 0.356. The first-order chi connectivity index (χ1) is 6.54. The molecule has 0 saturated heterocycles. The zero-order chi connectivity index (χ0) is 10.7. The lowest BCUT2D eigenvalue weighted by atomic mass is 9.93. The lowest BCUT2D eigenvalue weighted by Gasteiger charge is -2.13. The summed E-state index contributed by atoms with van der Waals surface area (Å²) in [4.78, 5) is 0. The van der Waals surface area contributed by atoms with Crippen LogP contribution in [0.2, 0.25) is 0 Å². The molecule has 14 heavy (non-hydrogen) atoms. The highest BCUT2D eigenvalue weighted by Crippen LogP contribution is 2.23. The Morgan fingerprint density at radius 1 is 1.36 bits per heavy atom. The van der Waals surface area contributed by atoms with Gasteiger partial charge in [0.25, 0.3) is 0 Å². The second-order valence-corrected chi connectivity index (χ2v) is 3.98. The molecule has 1 heteroatoms. The zero-order valence-electron chi connectivity index (χ0n) is 9.17. The van der Waals surface area contributed by atoms with Crippen molar-refractivity contribution in [2.75, 3.05) is 0 Å². The molecule has 0 aliphatic heterocycles. The highest BCUT2D eigenvalue weighted by Gasteiger charge is 2.07. The summed E-state index contributed by atoms with van der Waals surface area (Å²) in [6, 6.07) is 3.64. The summed E-state index contributed by atoms with van der Waals surface area (Å²) in [5.74, 6) is 0.840. The molecule has 0 bridgehead atoms. The smallest absolute Gasteiger partial charge is 0.116 e. The largest absolute Gasteiger partial charge is 0.508 e. The van der Waals surface area contributed by atoms with Gasteiger partial charge in [0.1, 0.15) is 5.75 Å². The van der Waals surface area contributed by atoms with E-state index in [1.165, 1.54) is 5.56 Å². The summed E-state index contributed by atoms with van der Waals surface area (Å²) in [5, 5.41) is 9.39. The third kappa shape index (κ3) is 2.38. The topological polar surface area (TPSA) is 20.2 Å². The van der Waals surface area contributed by atoms with Crippen LogP contribution >= 0.6 is 0 Å². The van der Waals surface area contributed by atoms with Crippen LogP contribution < -0.4 is 0 Å². The molecular formula is C13H18O. The number of hydrogen-bond acceptors (Lipinski definition) is 1. The van der Waals surface area contributed by atoms with Crippen LogP contribution in [0.5, 0.6) is 5.75 Å². The zero-order valence-corrected chi connectivity index (χ0v) is 9.17. The van der Waals surface area contributed by atoms with E-state index < -0.39 is 0 Å². The Morgan fingerprint density at radius 3 is 2.29 bits per heavy atom. The fourth-order valence-electron chi connectivity index (χ4n) is 1.70. The monoisotopic (exact) mass is 190 g/mol. The SMILES string of the molecule is C=CC(C)Cc1c(C)cc(O)cc1C. The molecule has 0 saturated carbocycles. The molecule has 0 radical (unpaired) electrons. The molecule has 0 aliphatic rings. The highest BCUT2D eigenvalue weighted by atomic mass is 16.3. The molecule has 0 heterocycles. The van der Waals surface area contributed by atoms with Crippen molar-refractivity contribution >= 4 is 0 Å². The van der Waals surface area contributed by atoms with Crippen molar-refractivity contribution in [2.24, 2.45) is 5.92 Å². The molecule has 1 unspecified atom stereocenters. The Bertz CT molecular complexity index is 316. The minimum Gasteiger partial charge on any atom is -0.508 e. The number of aromatic hydroxyl groups is 1. The van der Waals surface area contributed by atoms with Crippen LogP contribution in [0.25, 0.3) is 0 Å². The lowest BCUT2D eigenvalue weighted by Crippen LogP contribution is -2.00. The predicted molar refractivity (Wildman–Crippen MR) is 60.6 cm³/mol. The van der Waals surface area contributed by atoms with E-state index in [0.29, 0.717) is 11.7 Å². The first-order valence-corrected chi connectivity index (χ1v) is 4.96. The molecule has 1 aromatic carbocycles. The number of benzene rings is 1. The average Bonchev–Trinajstić information content (AvgIpc) is 2.10. The van der Waals surface area contributed by atoms with Crippen molar-refractivity contribution in [3.05, 3.63) is 41.5 Å². The molecule has 0 aromatic heterocycles. The number of allylic oxidation sites excluding steroid dienone is 1. The lowest BCUT2D eigenvalue weighted by molar-refractivity contribution is 0.474. The molecular weight excluding hydrogens is 172 g/mol. The number of phenols is 1. The van der Waals surface area contributed by atoms with Crippen molar-refractivity contribution in [2.45, 2.75) is 27.2 Å². The molecule has 0 amide bonds. The Kier molecular flexibility index (Phi) is 3.34. The van der Waals surface area contributed by atoms with Gasteiger partial charge in [-0.3, -0.25) is 0 Å². The summed E-state index contributed by atoms with van der Waals surface area (Å²) < 4.78 is 0. The van der Waals surface area contributed by atoms with Crippen molar-refractivity contribution in [3.8, 4) is 5.75 Å². The van der Waals surface area contributed by atoms with Gasteiger partial charge in [0.15, 0.2) is 0 Å². The fourth-order valence-corrected chi connectivity index (χ4v) is 1.70. The maximum Gasteiger partial charge on any atom is 0.116 e. The van der Waals surface area contributed by atoms with E-state index in [1.807, 2.05) is 32.1 Å². The summed E-state index contributed by atoms with van der Waals surface area (Å²) in [6.07, 6.45) is 2.97. The van der Waals surface area contributed by atoms with Gasteiger partial charge in [-0.05, 0) is 55.0 Å². The van der Waals surface area contributed by atoms with Crippen molar-refractivity contribution < 1.29 is 5.11 Å². The van der Waals surface area contributed by atoms with Gasteiger partial charge in [-0.25, -0.2) is 0 Å². The molecule has 1 nitrogen and oxygen atoms in total. The van der Waals surface area contributed by atoms with Gasteiger partial charge < -0.3 is 5.11 Å². The molecule has 1 N–H and O–H groups in total. The average molecular weight is 190 g/mol. The standard InChI is InChI=1S/C13H18O/c1-5-9(2)6-13-10(3)7-12(14)8-11(13)4/h5,7-9,14H,1,6H2,2-4H3. The second-order valence-electron chi connectivity index (χ2n) is 3.98. The van der Waals surface area contributed by atoms with E-state index in [1.54, 1.807) is 0 Å². The van der Waals surface area contributed by atoms with Crippen LogP contribution in [0.3, 0.4) is 0 Å². The van der Waals surface area contributed by atoms with Gasteiger partial charge in [-0.2, -0.15) is 0 Å². The molecule has 0 aliphatic carbocycles.